The smallest absolute Gasteiger partial charge is 0.260 e. The van der Waals surface area contributed by atoms with E-state index in [2.05, 4.69) is 5.32 Å². The predicted molar refractivity (Wildman–Crippen MR) is 107 cm³/mol. The van der Waals surface area contributed by atoms with E-state index in [1.165, 1.54) is 0 Å². The summed E-state index contributed by atoms with van der Waals surface area (Å²) < 4.78 is 5.58. The van der Waals surface area contributed by atoms with Gasteiger partial charge >= 0.3 is 0 Å². The zero-order valence-electron chi connectivity index (χ0n) is 13.6. The molecular weight excluding hydrogens is 401 g/mol. The van der Waals surface area contributed by atoms with Crippen LogP contribution in [0, 0.1) is 0 Å². The van der Waals surface area contributed by atoms with Gasteiger partial charge in [-0.1, -0.05) is 53.0 Å². The quantitative estimate of drug-likeness (QED) is 0.578. The van der Waals surface area contributed by atoms with Crippen molar-refractivity contribution in [3.63, 3.8) is 0 Å². The molecule has 0 aliphatic carbocycles. The van der Waals surface area contributed by atoms with Crippen LogP contribution in [-0.4, -0.2) is 24.3 Å². The molecule has 25 heavy (non-hydrogen) atoms. The SMILES string of the molecule is CC(Oc1ccccc1Cl)C(=O)NCCSCc1c(Cl)cccc1Cl. The molecule has 0 bridgehead atoms. The minimum atomic E-state index is -0.622. The lowest BCUT2D eigenvalue weighted by Crippen LogP contribution is -2.37. The summed E-state index contributed by atoms with van der Waals surface area (Å²) in [6.07, 6.45) is -0.622. The lowest BCUT2D eigenvalue weighted by molar-refractivity contribution is -0.127. The Labute approximate surface area is 167 Å². The van der Waals surface area contributed by atoms with E-state index in [1.54, 1.807) is 30.8 Å². The summed E-state index contributed by atoms with van der Waals surface area (Å²) >= 11 is 19.9. The van der Waals surface area contributed by atoms with Gasteiger partial charge in [-0.15, -0.1) is 0 Å². The number of rotatable bonds is 8. The second-order valence-electron chi connectivity index (χ2n) is 5.23. The fourth-order valence-corrected chi connectivity index (χ4v) is 3.79. The van der Waals surface area contributed by atoms with Gasteiger partial charge in [-0.3, -0.25) is 4.79 Å². The van der Waals surface area contributed by atoms with Crippen molar-refractivity contribution in [3.8, 4) is 5.75 Å². The van der Waals surface area contributed by atoms with Crippen LogP contribution in [0.1, 0.15) is 12.5 Å². The Hall–Kier alpha value is -1.07. The third-order valence-corrected chi connectivity index (χ3v) is 5.37. The van der Waals surface area contributed by atoms with Gasteiger partial charge in [-0.05, 0) is 36.8 Å². The molecule has 2 aromatic carbocycles. The van der Waals surface area contributed by atoms with Gasteiger partial charge in [0.25, 0.3) is 5.91 Å². The second kappa shape index (κ2) is 10.2. The first-order valence-corrected chi connectivity index (χ1v) is 9.97. The summed E-state index contributed by atoms with van der Waals surface area (Å²) in [4.78, 5) is 12.1. The first-order chi connectivity index (χ1) is 12.0. The molecule has 7 heteroatoms. The monoisotopic (exact) mass is 417 g/mol. The molecular formula is C18H18Cl3NO2S. The standard InChI is InChI=1S/C18H18Cl3NO2S/c1-12(24-17-8-3-2-5-16(17)21)18(23)22-9-10-25-11-13-14(19)6-4-7-15(13)20/h2-8,12H,9-11H2,1H3,(H,22,23). The first-order valence-electron chi connectivity index (χ1n) is 7.68. The number of hydrogen-bond acceptors (Lipinski definition) is 3. The van der Waals surface area contributed by atoms with Crippen molar-refractivity contribution in [2.75, 3.05) is 12.3 Å². The van der Waals surface area contributed by atoms with Gasteiger partial charge in [0.05, 0.1) is 5.02 Å². The summed E-state index contributed by atoms with van der Waals surface area (Å²) in [5, 5.41) is 4.64. The van der Waals surface area contributed by atoms with Crippen LogP contribution in [0.2, 0.25) is 15.1 Å². The van der Waals surface area contributed by atoms with Crippen molar-refractivity contribution in [2.24, 2.45) is 0 Å². The number of ether oxygens (including phenoxy) is 1. The minimum absolute atomic E-state index is 0.184. The predicted octanol–water partition coefficient (Wildman–Crippen LogP) is 5.46. The number of thioether (sulfide) groups is 1. The fraction of sp³-hybridized carbons (Fsp3) is 0.278. The molecule has 2 aromatic rings. The van der Waals surface area contributed by atoms with E-state index in [4.69, 9.17) is 39.5 Å². The van der Waals surface area contributed by atoms with Crippen LogP contribution in [0.15, 0.2) is 42.5 Å². The summed E-state index contributed by atoms with van der Waals surface area (Å²) in [6.45, 7) is 2.22. The summed E-state index contributed by atoms with van der Waals surface area (Å²) in [6, 6.07) is 12.5. The number of amides is 1. The molecule has 1 atom stereocenters. The van der Waals surface area contributed by atoms with Crippen molar-refractivity contribution in [1.29, 1.82) is 0 Å². The van der Waals surface area contributed by atoms with Crippen molar-refractivity contribution < 1.29 is 9.53 Å². The minimum Gasteiger partial charge on any atom is -0.479 e. The molecule has 0 radical (unpaired) electrons. The normalized spacial score (nSPS) is 11.8. The van der Waals surface area contributed by atoms with Gasteiger partial charge in [0.1, 0.15) is 5.75 Å². The Balaban J connectivity index is 1.71. The molecule has 0 fully saturated rings. The first kappa shape index (κ1) is 20.2. The van der Waals surface area contributed by atoms with Gasteiger partial charge in [-0.2, -0.15) is 11.8 Å². The number of benzene rings is 2. The fourth-order valence-electron chi connectivity index (χ4n) is 2.02. The number of para-hydroxylation sites is 1. The highest BCUT2D eigenvalue weighted by Crippen LogP contribution is 2.28. The average Bonchev–Trinajstić information content (AvgIpc) is 2.58. The highest BCUT2D eigenvalue weighted by Gasteiger charge is 2.15. The molecule has 0 aliphatic rings. The summed E-state index contributed by atoms with van der Waals surface area (Å²) in [5.41, 5.74) is 0.914. The van der Waals surface area contributed by atoms with Crippen molar-refractivity contribution in [3.05, 3.63) is 63.1 Å². The van der Waals surface area contributed by atoms with Crippen LogP contribution in [0.3, 0.4) is 0 Å². The van der Waals surface area contributed by atoms with Crippen LogP contribution < -0.4 is 10.1 Å². The van der Waals surface area contributed by atoms with Gasteiger partial charge in [-0.25, -0.2) is 0 Å². The number of carbonyl (C=O) groups excluding carboxylic acids is 1. The maximum absolute atomic E-state index is 12.1. The molecule has 2 rings (SSSR count). The van der Waals surface area contributed by atoms with Crippen molar-refractivity contribution in [1.82, 2.24) is 5.32 Å². The maximum Gasteiger partial charge on any atom is 0.260 e. The van der Waals surface area contributed by atoms with E-state index in [-0.39, 0.29) is 5.91 Å². The summed E-state index contributed by atoms with van der Waals surface area (Å²) in [5.74, 6) is 1.75. The van der Waals surface area contributed by atoms with Crippen LogP contribution in [0.25, 0.3) is 0 Å². The molecule has 134 valence electrons. The highest BCUT2D eigenvalue weighted by molar-refractivity contribution is 7.98. The number of nitrogens with one attached hydrogen (secondary N) is 1. The Morgan fingerprint density at radius 2 is 1.72 bits per heavy atom. The van der Waals surface area contributed by atoms with Gasteiger partial charge in [0, 0.05) is 28.1 Å². The van der Waals surface area contributed by atoms with E-state index >= 15 is 0 Å². The number of halogens is 3. The molecule has 3 nitrogen and oxygen atoms in total. The van der Waals surface area contributed by atoms with E-state index in [0.717, 1.165) is 11.3 Å². The molecule has 1 amide bonds. The zero-order chi connectivity index (χ0) is 18.2. The highest BCUT2D eigenvalue weighted by atomic mass is 35.5. The lowest BCUT2D eigenvalue weighted by atomic mass is 10.2. The maximum atomic E-state index is 12.1. The molecule has 0 saturated heterocycles. The molecule has 1 unspecified atom stereocenters. The van der Waals surface area contributed by atoms with Crippen LogP contribution in [-0.2, 0) is 10.5 Å². The Bertz CT molecular complexity index is 707. The molecule has 0 aliphatic heterocycles. The van der Waals surface area contributed by atoms with E-state index in [1.807, 2.05) is 30.3 Å². The third-order valence-electron chi connectivity index (χ3n) is 3.36. The van der Waals surface area contributed by atoms with Crippen molar-refractivity contribution >= 4 is 52.5 Å². The molecule has 0 heterocycles. The molecule has 0 saturated carbocycles. The lowest BCUT2D eigenvalue weighted by Gasteiger charge is -2.15. The van der Waals surface area contributed by atoms with Gasteiger partial charge in [0.15, 0.2) is 6.10 Å². The largest absolute Gasteiger partial charge is 0.479 e. The van der Waals surface area contributed by atoms with Crippen LogP contribution in [0.5, 0.6) is 5.75 Å². The van der Waals surface area contributed by atoms with Gasteiger partial charge < -0.3 is 10.1 Å². The van der Waals surface area contributed by atoms with Crippen LogP contribution in [0.4, 0.5) is 0 Å². The Morgan fingerprint density at radius 1 is 1.08 bits per heavy atom. The van der Waals surface area contributed by atoms with E-state index in [0.29, 0.717) is 33.1 Å². The second-order valence-corrected chi connectivity index (χ2v) is 7.56. The zero-order valence-corrected chi connectivity index (χ0v) is 16.7. The Kier molecular flexibility index (Phi) is 8.24. The Morgan fingerprint density at radius 3 is 2.40 bits per heavy atom. The van der Waals surface area contributed by atoms with E-state index < -0.39 is 6.10 Å². The average molecular weight is 419 g/mol. The third kappa shape index (κ3) is 6.30. The topological polar surface area (TPSA) is 38.3 Å². The summed E-state index contributed by atoms with van der Waals surface area (Å²) in [7, 11) is 0. The van der Waals surface area contributed by atoms with Crippen LogP contribution >= 0.6 is 46.6 Å². The number of carbonyl (C=O) groups is 1. The van der Waals surface area contributed by atoms with Gasteiger partial charge in [0.2, 0.25) is 0 Å². The van der Waals surface area contributed by atoms with Crippen molar-refractivity contribution in [2.45, 2.75) is 18.8 Å². The van der Waals surface area contributed by atoms with E-state index in [9.17, 15) is 4.79 Å². The molecule has 0 aromatic heterocycles. The molecule has 1 N–H and O–H groups in total. The number of hydrogen-bond donors (Lipinski definition) is 1. The molecule has 0 spiro atoms.